The molecule has 5 heteroatoms. The number of hydrogen-bond acceptors (Lipinski definition) is 3. The van der Waals surface area contributed by atoms with Gasteiger partial charge in [-0.25, -0.2) is 0 Å². The van der Waals surface area contributed by atoms with Crippen molar-refractivity contribution in [1.29, 1.82) is 0 Å². The molecule has 1 amide bonds. The lowest BCUT2D eigenvalue weighted by Crippen LogP contribution is -2.30. The fraction of sp³-hybridized carbons (Fsp3) is 0.278. The van der Waals surface area contributed by atoms with Gasteiger partial charge in [0.15, 0.2) is 0 Å². The van der Waals surface area contributed by atoms with Crippen molar-refractivity contribution in [2.24, 2.45) is 11.7 Å². The summed E-state index contributed by atoms with van der Waals surface area (Å²) in [6.45, 7) is 2.10. The Labute approximate surface area is 144 Å². The van der Waals surface area contributed by atoms with Crippen molar-refractivity contribution in [3.05, 3.63) is 58.6 Å². The maximum absolute atomic E-state index is 12.8. The predicted molar refractivity (Wildman–Crippen MR) is 93.7 cm³/mol. The zero-order valence-electron chi connectivity index (χ0n) is 12.7. The largest absolute Gasteiger partial charge is 0.456 e. The third-order valence-electron chi connectivity index (χ3n) is 4.05. The van der Waals surface area contributed by atoms with Crippen LogP contribution in [0.15, 0.2) is 53.0 Å². The van der Waals surface area contributed by atoms with E-state index in [0.29, 0.717) is 29.5 Å². The van der Waals surface area contributed by atoms with Crippen LogP contribution in [0.3, 0.4) is 0 Å². The molecule has 2 aromatic rings. The van der Waals surface area contributed by atoms with E-state index in [9.17, 15) is 4.79 Å². The Morgan fingerprint density at radius 3 is 2.83 bits per heavy atom. The van der Waals surface area contributed by atoms with Crippen molar-refractivity contribution < 1.29 is 9.53 Å². The van der Waals surface area contributed by atoms with E-state index in [2.05, 4.69) is 15.9 Å². The Balaban J connectivity index is 1.82. The summed E-state index contributed by atoms with van der Waals surface area (Å²) in [4.78, 5) is 14.6. The van der Waals surface area contributed by atoms with Gasteiger partial charge >= 0.3 is 0 Å². The molecule has 1 atom stereocenters. The minimum atomic E-state index is 0.00606. The Morgan fingerprint density at radius 1 is 1.26 bits per heavy atom. The highest BCUT2D eigenvalue weighted by Gasteiger charge is 2.27. The molecule has 1 fully saturated rings. The zero-order chi connectivity index (χ0) is 16.2. The number of likely N-dealkylation sites (tertiary alicyclic amines) is 1. The lowest BCUT2D eigenvalue weighted by molar-refractivity contribution is 0.0785. The molecule has 120 valence electrons. The molecule has 1 heterocycles. The molecule has 0 aromatic heterocycles. The minimum Gasteiger partial charge on any atom is -0.456 e. The first-order valence-electron chi connectivity index (χ1n) is 7.69. The molecule has 0 aliphatic carbocycles. The van der Waals surface area contributed by atoms with E-state index in [1.165, 1.54) is 0 Å². The molecule has 0 radical (unpaired) electrons. The number of hydrogen-bond donors (Lipinski definition) is 1. The zero-order valence-corrected chi connectivity index (χ0v) is 14.3. The van der Waals surface area contributed by atoms with Crippen molar-refractivity contribution in [2.45, 2.75) is 6.42 Å². The van der Waals surface area contributed by atoms with E-state index in [4.69, 9.17) is 10.5 Å². The van der Waals surface area contributed by atoms with Gasteiger partial charge in [0.1, 0.15) is 11.5 Å². The molecule has 0 unspecified atom stereocenters. The fourth-order valence-electron chi connectivity index (χ4n) is 2.77. The van der Waals surface area contributed by atoms with Crippen LogP contribution in [0.5, 0.6) is 11.5 Å². The molecule has 3 rings (SSSR count). The summed E-state index contributed by atoms with van der Waals surface area (Å²) in [5.74, 6) is 1.68. The molecule has 0 saturated carbocycles. The first-order valence-corrected chi connectivity index (χ1v) is 8.48. The van der Waals surface area contributed by atoms with E-state index in [-0.39, 0.29) is 5.91 Å². The number of halogens is 1. The second-order valence-electron chi connectivity index (χ2n) is 5.70. The molecule has 0 spiro atoms. The second-order valence-corrected chi connectivity index (χ2v) is 6.61. The Hall–Kier alpha value is -1.85. The molecule has 1 aliphatic rings. The Morgan fingerprint density at radius 2 is 2.09 bits per heavy atom. The average molecular weight is 375 g/mol. The van der Waals surface area contributed by atoms with Gasteiger partial charge in [0.05, 0.1) is 5.56 Å². The molecular formula is C18H19BrN2O2. The number of rotatable bonds is 4. The standard InChI is InChI=1S/C18H19BrN2O2/c19-14-4-3-5-15(10-14)23-17-7-2-1-6-16(17)18(22)21-9-8-13(11-20)12-21/h1-7,10,13H,8-9,11-12,20H2/t13-/m1/s1. The van der Waals surface area contributed by atoms with E-state index >= 15 is 0 Å². The fourth-order valence-corrected chi connectivity index (χ4v) is 3.15. The van der Waals surface area contributed by atoms with Crippen LogP contribution < -0.4 is 10.5 Å². The molecule has 0 bridgehead atoms. The number of nitrogens with two attached hydrogens (primary N) is 1. The lowest BCUT2D eigenvalue weighted by atomic mass is 10.1. The summed E-state index contributed by atoms with van der Waals surface area (Å²) in [6.07, 6.45) is 0.969. The third-order valence-corrected chi connectivity index (χ3v) is 4.54. The first-order chi connectivity index (χ1) is 11.2. The van der Waals surface area contributed by atoms with Crippen LogP contribution >= 0.6 is 15.9 Å². The van der Waals surface area contributed by atoms with Crippen LogP contribution in [0.1, 0.15) is 16.8 Å². The van der Waals surface area contributed by atoms with Gasteiger partial charge in [0.2, 0.25) is 0 Å². The van der Waals surface area contributed by atoms with Crippen molar-refractivity contribution in [1.82, 2.24) is 4.90 Å². The van der Waals surface area contributed by atoms with Gasteiger partial charge < -0.3 is 15.4 Å². The van der Waals surface area contributed by atoms with E-state index in [0.717, 1.165) is 24.0 Å². The molecule has 1 aliphatic heterocycles. The number of carbonyl (C=O) groups is 1. The van der Waals surface area contributed by atoms with Crippen molar-refractivity contribution >= 4 is 21.8 Å². The maximum Gasteiger partial charge on any atom is 0.257 e. The highest BCUT2D eigenvalue weighted by molar-refractivity contribution is 9.10. The summed E-state index contributed by atoms with van der Waals surface area (Å²) in [5, 5.41) is 0. The predicted octanol–water partition coefficient (Wildman–Crippen LogP) is 3.66. The van der Waals surface area contributed by atoms with Gasteiger partial charge in [0, 0.05) is 17.6 Å². The van der Waals surface area contributed by atoms with Crippen LogP contribution in [0.2, 0.25) is 0 Å². The minimum absolute atomic E-state index is 0.00606. The smallest absolute Gasteiger partial charge is 0.257 e. The van der Waals surface area contributed by atoms with E-state index < -0.39 is 0 Å². The highest BCUT2D eigenvalue weighted by atomic mass is 79.9. The number of amides is 1. The van der Waals surface area contributed by atoms with Crippen LogP contribution in [0.25, 0.3) is 0 Å². The van der Waals surface area contributed by atoms with Gasteiger partial charge in [0.25, 0.3) is 5.91 Å². The third kappa shape index (κ3) is 3.74. The molecule has 2 aromatic carbocycles. The normalized spacial score (nSPS) is 17.3. The Kier molecular flexibility index (Phi) is 4.98. The summed E-state index contributed by atoms with van der Waals surface area (Å²) in [7, 11) is 0. The van der Waals surface area contributed by atoms with Crippen molar-refractivity contribution in [2.75, 3.05) is 19.6 Å². The first kappa shape index (κ1) is 16.0. The van der Waals surface area contributed by atoms with Gasteiger partial charge in [-0.2, -0.15) is 0 Å². The summed E-state index contributed by atoms with van der Waals surface area (Å²) in [6, 6.07) is 14.9. The van der Waals surface area contributed by atoms with Gasteiger partial charge in [-0.1, -0.05) is 34.1 Å². The van der Waals surface area contributed by atoms with E-state index in [1.54, 1.807) is 0 Å². The quantitative estimate of drug-likeness (QED) is 0.888. The summed E-state index contributed by atoms with van der Waals surface area (Å²) in [5.41, 5.74) is 6.30. The van der Waals surface area contributed by atoms with Gasteiger partial charge in [-0.15, -0.1) is 0 Å². The SMILES string of the molecule is NC[C@H]1CCN(C(=O)c2ccccc2Oc2cccc(Br)c2)C1. The van der Waals surface area contributed by atoms with Crippen molar-refractivity contribution in [3.8, 4) is 11.5 Å². The van der Waals surface area contributed by atoms with Crippen LogP contribution in [0, 0.1) is 5.92 Å². The highest BCUT2D eigenvalue weighted by Crippen LogP contribution is 2.29. The molecule has 23 heavy (non-hydrogen) atoms. The molecular weight excluding hydrogens is 356 g/mol. The Bertz CT molecular complexity index is 705. The van der Waals surface area contributed by atoms with Gasteiger partial charge in [-0.3, -0.25) is 4.79 Å². The second kappa shape index (κ2) is 7.15. The monoisotopic (exact) mass is 374 g/mol. The van der Waals surface area contributed by atoms with Crippen LogP contribution in [-0.2, 0) is 0 Å². The number of ether oxygens (including phenoxy) is 1. The van der Waals surface area contributed by atoms with Crippen LogP contribution in [-0.4, -0.2) is 30.4 Å². The van der Waals surface area contributed by atoms with E-state index in [1.807, 2.05) is 53.4 Å². The molecule has 4 nitrogen and oxygen atoms in total. The lowest BCUT2D eigenvalue weighted by Gasteiger charge is -2.18. The topological polar surface area (TPSA) is 55.6 Å². The number of nitrogens with zero attached hydrogens (tertiary/aromatic N) is 1. The van der Waals surface area contributed by atoms with Crippen LogP contribution in [0.4, 0.5) is 0 Å². The van der Waals surface area contributed by atoms with Crippen molar-refractivity contribution in [3.63, 3.8) is 0 Å². The maximum atomic E-state index is 12.8. The molecule has 2 N–H and O–H groups in total. The average Bonchev–Trinajstić information content (AvgIpc) is 3.04. The molecule has 1 saturated heterocycles. The summed E-state index contributed by atoms with van der Waals surface area (Å²) < 4.78 is 6.86. The number of carbonyl (C=O) groups excluding carboxylic acids is 1. The summed E-state index contributed by atoms with van der Waals surface area (Å²) >= 11 is 3.42. The van der Waals surface area contributed by atoms with Gasteiger partial charge in [-0.05, 0) is 49.2 Å². The number of para-hydroxylation sites is 1. The number of benzene rings is 2.